The number of esters is 2. The van der Waals surface area contributed by atoms with Gasteiger partial charge in [-0.25, -0.2) is 0 Å². The Morgan fingerprint density at radius 1 is 1.10 bits per heavy atom. The van der Waals surface area contributed by atoms with E-state index >= 15 is 0 Å². The van der Waals surface area contributed by atoms with E-state index in [0.717, 1.165) is 37.7 Å². The molecule has 1 saturated heterocycles. The third-order valence-corrected chi connectivity index (χ3v) is 10.5. The molecule has 0 radical (unpaired) electrons. The molecule has 29 heavy (non-hydrogen) atoms. The summed E-state index contributed by atoms with van der Waals surface area (Å²) in [5, 5.41) is 11.8. The van der Waals surface area contributed by atoms with Crippen molar-refractivity contribution in [1.82, 2.24) is 4.98 Å². The molecule has 7 atom stereocenters. The highest BCUT2D eigenvalue weighted by molar-refractivity contribution is 9.11. The van der Waals surface area contributed by atoms with E-state index in [1.54, 1.807) is 17.8 Å². The highest BCUT2D eigenvalue weighted by Gasteiger charge is 2.69. The summed E-state index contributed by atoms with van der Waals surface area (Å²) in [7, 11) is 0. The highest BCUT2D eigenvalue weighted by Crippen LogP contribution is 2.68. The molecule has 2 N–H and O–H groups in total. The number of rotatable bonds is 1. The fraction of sp³-hybridized carbons (Fsp3) is 0.421. The van der Waals surface area contributed by atoms with Crippen LogP contribution in [0.2, 0.25) is 0 Å². The Kier molecular flexibility index (Phi) is 3.99. The lowest BCUT2D eigenvalue weighted by atomic mass is 9.68. The number of ether oxygens (including phenoxy) is 1. The summed E-state index contributed by atoms with van der Waals surface area (Å²) in [4.78, 5) is 40.6. The van der Waals surface area contributed by atoms with Crippen LogP contribution in [0.5, 0.6) is 5.75 Å². The van der Waals surface area contributed by atoms with Crippen molar-refractivity contribution in [3.63, 3.8) is 0 Å². The van der Waals surface area contributed by atoms with Gasteiger partial charge in [0.15, 0.2) is 0 Å². The van der Waals surface area contributed by atoms with Crippen LogP contribution in [0, 0.1) is 29.6 Å². The minimum Gasteiger partial charge on any atom is -0.506 e. The molecule has 0 spiro atoms. The molecule has 2 saturated carbocycles. The van der Waals surface area contributed by atoms with Crippen LogP contribution in [-0.4, -0.2) is 27.3 Å². The molecule has 1 aromatic carbocycles. The molecule has 3 heterocycles. The van der Waals surface area contributed by atoms with Crippen molar-refractivity contribution in [1.29, 1.82) is 0 Å². The number of thiazole rings is 1. The molecule has 1 aromatic heterocycles. The van der Waals surface area contributed by atoms with E-state index in [4.69, 9.17) is 4.74 Å². The quantitative estimate of drug-likeness (QED) is 0.407. The second-order valence-corrected chi connectivity index (χ2v) is 12.0. The lowest BCUT2D eigenvalue weighted by Gasteiger charge is -2.42. The Morgan fingerprint density at radius 2 is 1.83 bits per heavy atom. The standard InChI is InChI=1S/C19H13Br2NO5S2/c20-4-1-6(13(23)8(21)2-4)10-9-5-3-7(12-11(5)17(24)27-18(12)25)14(9)28-16-15(10)29-19(26)22-16/h1-2,5,7,9-12,14,23H,3H2,(H,22,26)/t5-,7+,9-,10+,11+,12+,14-/m0/s1. The van der Waals surface area contributed by atoms with E-state index < -0.39 is 17.9 Å². The first kappa shape index (κ1) is 18.7. The van der Waals surface area contributed by atoms with Crippen LogP contribution in [0.25, 0.3) is 0 Å². The summed E-state index contributed by atoms with van der Waals surface area (Å²) >= 11 is 9.69. The molecule has 0 unspecified atom stereocenters. The Labute approximate surface area is 189 Å². The zero-order chi connectivity index (χ0) is 20.2. The molecule has 2 aromatic rings. The summed E-state index contributed by atoms with van der Waals surface area (Å²) in [6, 6.07) is 3.66. The number of carbonyl (C=O) groups excluding carboxylic acids is 2. The van der Waals surface area contributed by atoms with Gasteiger partial charge in [-0.2, -0.15) is 0 Å². The average molecular weight is 559 g/mol. The number of hydrogen-bond donors (Lipinski definition) is 2. The van der Waals surface area contributed by atoms with Crippen LogP contribution >= 0.6 is 55.0 Å². The maximum Gasteiger partial charge on any atom is 0.317 e. The predicted molar refractivity (Wildman–Crippen MR) is 113 cm³/mol. The monoisotopic (exact) mass is 557 g/mol. The minimum absolute atomic E-state index is 0.00559. The Morgan fingerprint density at radius 3 is 2.59 bits per heavy atom. The average Bonchev–Trinajstić information content (AvgIpc) is 3.37. The topological polar surface area (TPSA) is 96.5 Å². The number of carbonyl (C=O) groups is 2. The zero-order valence-electron chi connectivity index (χ0n) is 14.6. The molecular weight excluding hydrogens is 546 g/mol. The summed E-state index contributed by atoms with van der Waals surface area (Å²) < 4.78 is 6.37. The van der Waals surface area contributed by atoms with Gasteiger partial charge < -0.3 is 14.8 Å². The molecule has 2 aliphatic carbocycles. The zero-order valence-corrected chi connectivity index (χ0v) is 19.4. The van der Waals surface area contributed by atoms with E-state index in [-0.39, 0.29) is 45.5 Å². The summed E-state index contributed by atoms with van der Waals surface area (Å²) in [5.74, 6) is -1.62. The number of nitrogens with one attached hydrogen (secondary N) is 1. The summed E-state index contributed by atoms with van der Waals surface area (Å²) in [6.07, 6.45) is 0.796. The number of H-pyrrole nitrogens is 1. The molecule has 3 fully saturated rings. The van der Waals surface area contributed by atoms with Gasteiger partial charge in [-0.3, -0.25) is 14.4 Å². The number of benzene rings is 1. The first-order valence-corrected chi connectivity index (χ1v) is 12.5. The molecule has 6 rings (SSSR count). The maximum atomic E-state index is 12.4. The van der Waals surface area contributed by atoms with Gasteiger partial charge >= 0.3 is 16.8 Å². The van der Waals surface area contributed by atoms with Crippen molar-refractivity contribution in [2.75, 3.05) is 0 Å². The lowest BCUT2D eigenvalue weighted by molar-refractivity contribution is -0.154. The number of fused-ring (bicyclic) bond motifs is 9. The number of aromatic hydroxyl groups is 1. The van der Waals surface area contributed by atoms with E-state index in [0.29, 0.717) is 4.47 Å². The molecular formula is C19H13Br2NO5S2. The smallest absolute Gasteiger partial charge is 0.317 e. The third-order valence-electron chi connectivity index (χ3n) is 6.85. The van der Waals surface area contributed by atoms with Crippen LogP contribution in [0.4, 0.5) is 0 Å². The van der Waals surface area contributed by atoms with Gasteiger partial charge in [0.25, 0.3) is 0 Å². The Hall–Kier alpha value is -1.10. The fourth-order valence-electron chi connectivity index (χ4n) is 5.99. The summed E-state index contributed by atoms with van der Waals surface area (Å²) in [6.45, 7) is 0. The van der Waals surface area contributed by atoms with Crippen LogP contribution in [0.1, 0.15) is 22.8 Å². The molecule has 150 valence electrons. The highest BCUT2D eigenvalue weighted by atomic mass is 79.9. The first-order chi connectivity index (χ1) is 13.8. The van der Waals surface area contributed by atoms with Gasteiger partial charge in [-0.15, -0.1) is 11.8 Å². The van der Waals surface area contributed by atoms with E-state index in [1.165, 1.54) is 0 Å². The molecule has 10 heteroatoms. The van der Waals surface area contributed by atoms with E-state index in [2.05, 4.69) is 36.8 Å². The largest absolute Gasteiger partial charge is 0.506 e. The number of thioether (sulfide) groups is 1. The second kappa shape index (κ2) is 6.21. The first-order valence-electron chi connectivity index (χ1n) is 9.18. The van der Waals surface area contributed by atoms with E-state index in [9.17, 15) is 19.5 Å². The van der Waals surface area contributed by atoms with Crippen LogP contribution in [0.15, 0.2) is 30.9 Å². The van der Waals surface area contributed by atoms with Crippen molar-refractivity contribution in [3.05, 3.63) is 41.2 Å². The molecule has 4 aliphatic rings. The SMILES string of the molecule is O=C1OC(=O)[C@@H]2[C@H]3C[C@H]([C@@H]12)[C@H]1[C@@H](c2cc(Br)cc(Br)c2O)c2sc(=O)[nH]c2S[C@@H]31. The normalized spacial score (nSPS) is 36.7. The van der Waals surface area contributed by atoms with Gasteiger partial charge in [0.05, 0.1) is 21.3 Å². The predicted octanol–water partition coefficient (Wildman–Crippen LogP) is 3.85. The van der Waals surface area contributed by atoms with Crippen molar-refractivity contribution in [2.45, 2.75) is 22.6 Å². The molecule has 6 nitrogen and oxygen atoms in total. The number of phenolic OH excluding ortho intramolecular Hbond substituents is 1. The van der Waals surface area contributed by atoms with Gasteiger partial charge in [-0.05, 0) is 52.2 Å². The Bertz CT molecular complexity index is 1160. The molecule has 2 bridgehead atoms. The maximum absolute atomic E-state index is 12.4. The third kappa shape index (κ3) is 2.43. The number of aromatic nitrogens is 1. The lowest BCUT2D eigenvalue weighted by Crippen LogP contribution is -2.42. The molecule has 2 aliphatic heterocycles. The number of hydrogen-bond acceptors (Lipinski definition) is 7. The van der Waals surface area contributed by atoms with Crippen molar-refractivity contribution >= 4 is 66.9 Å². The van der Waals surface area contributed by atoms with Gasteiger partial charge in [-0.1, -0.05) is 27.3 Å². The van der Waals surface area contributed by atoms with Crippen molar-refractivity contribution in [2.24, 2.45) is 29.6 Å². The Balaban J connectivity index is 1.56. The van der Waals surface area contributed by atoms with E-state index in [1.807, 2.05) is 6.07 Å². The van der Waals surface area contributed by atoms with Gasteiger partial charge in [0, 0.05) is 26.1 Å². The minimum atomic E-state index is -0.414. The number of halogens is 2. The summed E-state index contributed by atoms with van der Waals surface area (Å²) in [5.41, 5.74) is 0.722. The van der Waals surface area contributed by atoms with Crippen LogP contribution < -0.4 is 4.87 Å². The number of aromatic amines is 1. The van der Waals surface area contributed by atoms with Crippen LogP contribution in [-0.2, 0) is 14.3 Å². The fourth-order valence-corrected chi connectivity index (χ4v) is 10.1. The second-order valence-electron chi connectivity index (χ2n) is 8.03. The van der Waals surface area contributed by atoms with Gasteiger partial charge in [0.2, 0.25) is 0 Å². The number of phenols is 1. The molecule has 0 amide bonds. The van der Waals surface area contributed by atoms with Crippen molar-refractivity contribution in [3.8, 4) is 5.75 Å². The van der Waals surface area contributed by atoms with Crippen molar-refractivity contribution < 1.29 is 19.4 Å². The number of cyclic esters (lactones) is 2. The van der Waals surface area contributed by atoms with Crippen LogP contribution in [0.3, 0.4) is 0 Å². The van der Waals surface area contributed by atoms with Gasteiger partial charge in [0.1, 0.15) is 5.75 Å².